The van der Waals surface area contributed by atoms with Crippen LogP contribution < -0.4 is 0 Å². The first-order chi connectivity index (χ1) is 12.3. The van der Waals surface area contributed by atoms with Crippen LogP contribution in [0.5, 0.6) is 5.75 Å². The van der Waals surface area contributed by atoms with Crippen molar-refractivity contribution in [2.24, 2.45) is 0 Å². The molecule has 0 atom stereocenters. The van der Waals surface area contributed by atoms with Crippen molar-refractivity contribution in [3.63, 3.8) is 0 Å². The Labute approximate surface area is 157 Å². The predicted molar refractivity (Wildman–Crippen MR) is 112 cm³/mol. The molecule has 0 heterocycles. The first-order valence-electron chi connectivity index (χ1n) is 11.1. The Balaban J connectivity index is 2.18. The molecule has 0 unspecified atom stereocenters. The maximum Gasteiger partial charge on any atom is 0.118 e. The highest BCUT2D eigenvalue weighted by Gasteiger charge is 2.03. The summed E-state index contributed by atoms with van der Waals surface area (Å²) in [7, 11) is 0. The van der Waals surface area contributed by atoms with E-state index in [1.54, 1.807) is 0 Å². The average molecular weight is 347 g/mol. The van der Waals surface area contributed by atoms with Crippen LogP contribution in [0.4, 0.5) is 0 Å². The van der Waals surface area contributed by atoms with Crippen molar-refractivity contribution < 1.29 is 5.11 Å². The number of benzene rings is 1. The minimum Gasteiger partial charge on any atom is -0.508 e. The van der Waals surface area contributed by atoms with Crippen LogP contribution >= 0.6 is 0 Å². The van der Waals surface area contributed by atoms with E-state index in [4.69, 9.17) is 0 Å². The Hall–Kier alpha value is -0.980. The number of aromatic hydroxyl groups is 1. The molecule has 1 aromatic rings. The van der Waals surface area contributed by atoms with E-state index in [2.05, 4.69) is 26.0 Å². The van der Waals surface area contributed by atoms with Crippen molar-refractivity contribution in [1.29, 1.82) is 0 Å². The van der Waals surface area contributed by atoms with E-state index in [0.717, 1.165) is 12.0 Å². The molecule has 1 rings (SSSR count). The van der Waals surface area contributed by atoms with Crippen molar-refractivity contribution in [3.8, 4) is 5.75 Å². The van der Waals surface area contributed by atoms with Gasteiger partial charge in [0.25, 0.3) is 0 Å². The summed E-state index contributed by atoms with van der Waals surface area (Å²) in [6.07, 6.45) is 21.0. The molecular formula is C24H42O. The summed E-state index contributed by atoms with van der Waals surface area (Å²) in [5.41, 5.74) is 2.57. The molecule has 1 N–H and O–H groups in total. The van der Waals surface area contributed by atoms with E-state index in [-0.39, 0.29) is 0 Å². The minimum absolute atomic E-state index is 0.494. The number of aryl methyl sites for hydroxylation is 2. The second-order valence-electron chi connectivity index (χ2n) is 7.71. The lowest BCUT2D eigenvalue weighted by Gasteiger charge is -2.08. The van der Waals surface area contributed by atoms with Crippen LogP contribution in [0.3, 0.4) is 0 Å². The summed E-state index contributed by atoms with van der Waals surface area (Å²) in [5.74, 6) is 0.494. The molecule has 0 aromatic heterocycles. The van der Waals surface area contributed by atoms with Crippen molar-refractivity contribution >= 4 is 0 Å². The highest BCUT2D eigenvalue weighted by atomic mass is 16.3. The summed E-state index contributed by atoms with van der Waals surface area (Å²) in [4.78, 5) is 0. The summed E-state index contributed by atoms with van der Waals surface area (Å²) < 4.78 is 0. The maximum atomic E-state index is 10.1. The minimum atomic E-state index is 0.494. The van der Waals surface area contributed by atoms with Crippen LogP contribution in [0.1, 0.15) is 115 Å². The Morgan fingerprint density at radius 2 is 1.08 bits per heavy atom. The quantitative estimate of drug-likeness (QED) is 0.301. The third-order valence-electron chi connectivity index (χ3n) is 5.26. The molecule has 25 heavy (non-hydrogen) atoms. The highest BCUT2D eigenvalue weighted by Crippen LogP contribution is 2.22. The zero-order valence-electron chi connectivity index (χ0n) is 17.0. The monoisotopic (exact) mass is 346 g/mol. The van der Waals surface area contributed by atoms with Gasteiger partial charge in [0.05, 0.1) is 0 Å². The Morgan fingerprint density at radius 1 is 0.600 bits per heavy atom. The molecule has 0 radical (unpaired) electrons. The van der Waals surface area contributed by atoms with E-state index in [0.29, 0.717) is 5.75 Å². The highest BCUT2D eigenvalue weighted by molar-refractivity contribution is 5.36. The number of rotatable bonds is 16. The van der Waals surface area contributed by atoms with E-state index in [1.807, 2.05) is 6.07 Å². The number of hydrogen-bond acceptors (Lipinski definition) is 1. The van der Waals surface area contributed by atoms with E-state index in [1.165, 1.54) is 102 Å². The topological polar surface area (TPSA) is 20.2 Å². The van der Waals surface area contributed by atoms with E-state index < -0.39 is 0 Å². The molecule has 0 amide bonds. The van der Waals surface area contributed by atoms with Gasteiger partial charge in [-0.2, -0.15) is 0 Å². The normalized spacial score (nSPS) is 11.1. The van der Waals surface area contributed by atoms with Crippen LogP contribution in [0.15, 0.2) is 18.2 Å². The van der Waals surface area contributed by atoms with Crippen molar-refractivity contribution in [2.45, 2.75) is 117 Å². The Kier molecular flexibility index (Phi) is 13.5. The molecule has 0 fully saturated rings. The second kappa shape index (κ2) is 15.3. The van der Waals surface area contributed by atoms with Gasteiger partial charge in [-0.05, 0) is 42.9 Å². The van der Waals surface area contributed by atoms with Gasteiger partial charge in [-0.25, -0.2) is 0 Å². The van der Waals surface area contributed by atoms with Crippen LogP contribution in [0, 0.1) is 0 Å². The predicted octanol–water partition coefficient (Wildman–Crippen LogP) is 7.98. The smallest absolute Gasteiger partial charge is 0.118 e. The second-order valence-corrected chi connectivity index (χ2v) is 7.71. The van der Waals surface area contributed by atoms with Crippen molar-refractivity contribution in [2.75, 3.05) is 0 Å². The Morgan fingerprint density at radius 3 is 1.64 bits per heavy atom. The molecule has 1 heteroatoms. The number of phenols is 1. The van der Waals surface area contributed by atoms with Gasteiger partial charge in [0.2, 0.25) is 0 Å². The molecular weight excluding hydrogens is 304 g/mol. The lowest BCUT2D eigenvalue weighted by molar-refractivity contribution is 0.465. The molecule has 144 valence electrons. The molecule has 0 aliphatic heterocycles. The number of phenolic OH excluding ortho intramolecular Hbond substituents is 1. The first-order valence-corrected chi connectivity index (χ1v) is 11.1. The molecule has 0 saturated carbocycles. The van der Waals surface area contributed by atoms with Crippen molar-refractivity contribution in [1.82, 2.24) is 0 Å². The van der Waals surface area contributed by atoms with Crippen molar-refractivity contribution in [3.05, 3.63) is 29.3 Å². The van der Waals surface area contributed by atoms with E-state index in [9.17, 15) is 5.11 Å². The summed E-state index contributed by atoms with van der Waals surface area (Å²) >= 11 is 0. The third kappa shape index (κ3) is 11.3. The van der Waals surface area contributed by atoms with Gasteiger partial charge >= 0.3 is 0 Å². The van der Waals surface area contributed by atoms with Gasteiger partial charge in [0, 0.05) is 0 Å². The fraction of sp³-hybridized carbons (Fsp3) is 0.750. The SMILES string of the molecule is CCCCCCCCCCc1ccc(O)c(CCCCCCCC)c1. The van der Waals surface area contributed by atoms with Crippen LogP contribution in [-0.4, -0.2) is 5.11 Å². The maximum absolute atomic E-state index is 10.1. The van der Waals surface area contributed by atoms with Crippen LogP contribution in [-0.2, 0) is 12.8 Å². The fourth-order valence-electron chi connectivity index (χ4n) is 3.55. The summed E-state index contributed by atoms with van der Waals surface area (Å²) in [6, 6.07) is 6.27. The molecule has 0 bridgehead atoms. The van der Waals surface area contributed by atoms with Gasteiger partial charge in [0.1, 0.15) is 5.75 Å². The Bertz CT molecular complexity index is 424. The van der Waals surface area contributed by atoms with Gasteiger partial charge in [0.15, 0.2) is 0 Å². The molecule has 0 saturated heterocycles. The number of hydrogen-bond donors (Lipinski definition) is 1. The lowest BCUT2D eigenvalue weighted by atomic mass is 9.99. The molecule has 0 aliphatic rings. The van der Waals surface area contributed by atoms with Gasteiger partial charge < -0.3 is 5.11 Å². The average Bonchev–Trinajstić information content (AvgIpc) is 2.62. The van der Waals surface area contributed by atoms with Crippen LogP contribution in [0.25, 0.3) is 0 Å². The lowest BCUT2D eigenvalue weighted by Crippen LogP contribution is -1.92. The molecule has 0 aliphatic carbocycles. The summed E-state index contributed by atoms with van der Waals surface area (Å²) in [5, 5.41) is 10.1. The van der Waals surface area contributed by atoms with Gasteiger partial charge in [-0.15, -0.1) is 0 Å². The zero-order valence-corrected chi connectivity index (χ0v) is 17.0. The third-order valence-corrected chi connectivity index (χ3v) is 5.26. The number of unbranched alkanes of at least 4 members (excludes halogenated alkanes) is 12. The van der Waals surface area contributed by atoms with Crippen LogP contribution in [0.2, 0.25) is 0 Å². The molecule has 1 nitrogen and oxygen atoms in total. The van der Waals surface area contributed by atoms with Gasteiger partial charge in [-0.1, -0.05) is 103 Å². The molecule has 1 aromatic carbocycles. The van der Waals surface area contributed by atoms with Gasteiger partial charge in [-0.3, -0.25) is 0 Å². The fourth-order valence-corrected chi connectivity index (χ4v) is 3.55. The molecule has 0 spiro atoms. The summed E-state index contributed by atoms with van der Waals surface area (Å²) in [6.45, 7) is 4.54. The standard InChI is InChI=1S/C24H42O/c1-3-5-7-9-11-12-13-15-17-22-19-20-24(25)23(21-22)18-16-14-10-8-6-4-2/h19-21,25H,3-18H2,1-2H3. The van der Waals surface area contributed by atoms with E-state index >= 15 is 0 Å². The first kappa shape index (κ1) is 22.1. The zero-order chi connectivity index (χ0) is 18.2. The largest absolute Gasteiger partial charge is 0.508 e.